The summed E-state index contributed by atoms with van der Waals surface area (Å²) in [5, 5.41) is 0.923. The Balaban J connectivity index is 1.88. The average molecular weight is 393 g/mol. The summed E-state index contributed by atoms with van der Waals surface area (Å²) >= 11 is 3.29. The highest BCUT2D eigenvalue weighted by molar-refractivity contribution is 7.98. The first-order chi connectivity index (χ1) is 13.1. The molecule has 0 radical (unpaired) electrons. The largest absolute Gasteiger partial charge is 0.235 e. The number of halogens is 1. The molecule has 0 unspecified atom stereocenters. The van der Waals surface area contributed by atoms with E-state index in [4.69, 9.17) is 4.98 Å². The highest BCUT2D eigenvalue weighted by atomic mass is 32.2. The first-order valence-electron chi connectivity index (χ1n) is 8.48. The van der Waals surface area contributed by atoms with Gasteiger partial charge in [0, 0.05) is 28.3 Å². The molecule has 0 fully saturated rings. The number of hydrogen-bond donors (Lipinski definition) is 0. The number of pyridine rings is 1. The van der Waals surface area contributed by atoms with E-state index in [0.717, 1.165) is 32.3 Å². The van der Waals surface area contributed by atoms with Gasteiger partial charge in [-0.2, -0.15) is 4.39 Å². The van der Waals surface area contributed by atoms with Gasteiger partial charge in [0.05, 0.1) is 10.6 Å². The van der Waals surface area contributed by atoms with Crippen molar-refractivity contribution in [2.45, 2.75) is 11.8 Å². The molecule has 2 aromatic heterocycles. The topological polar surface area (TPSA) is 25.8 Å². The Morgan fingerprint density at radius 1 is 0.926 bits per heavy atom. The van der Waals surface area contributed by atoms with E-state index in [9.17, 15) is 4.39 Å². The van der Waals surface area contributed by atoms with E-state index >= 15 is 0 Å². The van der Waals surface area contributed by atoms with Crippen molar-refractivity contribution in [2.75, 3.05) is 6.26 Å². The smallest absolute Gasteiger partial charge is 0.213 e. The zero-order valence-electron chi connectivity index (χ0n) is 14.9. The third-order valence-electron chi connectivity index (χ3n) is 4.24. The van der Waals surface area contributed by atoms with Crippen molar-refractivity contribution in [3.05, 3.63) is 78.4 Å². The van der Waals surface area contributed by atoms with Gasteiger partial charge in [-0.25, -0.2) is 9.97 Å². The Hall–Kier alpha value is -2.50. The number of nitrogens with zero attached hydrogens (tertiary/aromatic N) is 2. The fourth-order valence-corrected chi connectivity index (χ4v) is 4.40. The van der Waals surface area contributed by atoms with Crippen LogP contribution >= 0.6 is 23.1 Å². The van der Waals surface area contributed by atoms with Crippen LogP contribution in [0.1, 0.15) is 5.56 Å². The van der Waals surface area contributed by atoms with E-state index in [-0.39, 0.29) is 0 Å². The summed E-state index contributed by atoms with van der Waals surface area (Å²) in [6.07, 6.45) is 3.56. The number of thiazole rings is 1. The molecular weight excluding hydrogens is 375 g/mol. The van der Waals surface area contributed by atoms with E-state index in [1.54, 1.807) is 23.1 Å². The normalized spacial score (nSPS) is 10.9. The number of aryl methyl sites for hydroxylation is 1. The molecular formula is C22H17FN2S2. The highest BCUT2D eigenvalue weighted by Crippen LogP contribution is 2.41. The fraction of sp³-hybridized carbons (Fsp3) is 0.0909. The number of rotatable bonds is 4. The van der Waals surface area contributed by atoms with Crippen molar-refractivity contribution in [1.82, 2.24) is 9.97 Å². The molecule has 2 aromatic carbocycles. The summed E-state index contributed by atoms with van der Waals surface area (Å²) in [5.41, 5.74) is 4.93. The first kappa shape index (κ1) is 17.9. The van der Waals surface area contributed by atoms with Crippen LogP contribution in [-0.4, -0.2) is 16.2 Å². The van der Waals surface area contributed by atoms with Crippen LogP contribution in [-0.2, 0) is 0 Å². The molecule has 4 rings (SSSR count). The van der Waals surface area contributed by atoms with Crippen LogP contribution in [0.3, 0.4) is 0 Å². The van der Waals surface area contributed by atoms with Crippen molar-refractivity contribution < 1.29 is 4.39 Å². The van der Waals surface area contributed by atoms with Crippen molar-refractivity contribution in [3.8, 4) is 32.3 Å². The van der Waals surface area contributed by atoms with Crippen LogP contribution in [0.25, 0.3) is 32.3 Å². The van der Waals surface area contributed by atoms with Crippen molar-refractivity contribution >= 4 is 23.1 Å². The lowest BCUT2D eigenvalue weighted by Gasteiger charge is -2.04. The van der Waals surface area contributed by atoms with Crippen molar-refractivity contribution in [1.29, 1.82) is 0 Å². The van der Waals surface area contributed by atoms with Crippen LogP contribution in [0.5, 0.6) is 0 Å². The molecule has 0 saturated heterocycles. The van der Waals surface area contributed by atoms with Crippen LogP contribution in [0, 0.1) is 12.9 Å². The lowest BCUT2D eigenvalue weighted by Crippen LogP contribution is -1.86. The third-order valence-corrected chi connectivity index (χ3v) is 6.14. The number of benzene rings is 2. The van der Waals surface area contributed by atoms with Crippen LogP contribution in [0.2, 0.25) is 0 Å². The van der Waals surface area contributed by atoms with E-state index in [2.05, 4.69) is 54.6 Å². The van der Waals surface area contributed by atoms with Gasteiger partial charge in [-0.3, -0.25) is 0 Å². The van der Waals surface area contributed by atoms with E-state index in [1.807, 2.05) is 18.2 Å². The maximum absolute atomic E-state index is 13.7. The summed E-state index contributed by atoms with van der Waals surface area (Å²) in [6, 6.07) is 19.9. The van der Waals surface area contributed by atoms with Gasteiger partial charge in [0.2, 0.25) is 5.95 Å². The molecule has 5 heteroatoms. The molecule has 27 heavy (non-hydrogen) atoms. The quantitative estimate of drug-likeness (QED) is 0.285. The van der Waals surface area contributed by atoms with Gasteiger partial charge in [-0.05, 0) is 43.0 Å². The molecule has 0 N–H and O–H groups in total. The van der Waals surface area contributed by atoms with Gasteiger partial charge in [0.25, 0.3) is 0 Å². The second-order valence-electron chi connectivity index (χ2n) is 6.16. The number of aromatic nitrogens is 2. The molecule has 134 valence electrons. The van der Waals surface area contributed by atoms with E-state index in [1.165, 1.54) is 22.7 Å². The summed E-state index contributed by atoms with van der Waals surface area (Å²) in [4.78, 5) is 10.8. The molecule has 0 atom stereocenters. The van der Waals surface area contributed by atoms with Crippen molar-refractivity contribution in [3.63, 3.8) is 0 Å². The van der Waals surface area contributed by atoms with Crippen LogP contribution in [0.15, 0.2) is 71.8 Å². The standard InChI is InChI=1S/C22H17FN2S2/c1-14-4-3-5-16(12-14)20-21(17-10-11-24-19(23)13-17)27-22(25-20)15-6-8-18(26-2)9-7-15/h3-13H,1-2H3. The average Bonchev–Trinajstić information content (AvgIpc) is 3.14. The van der Waals surface area contributed by atoms with Gasteiger partial charge < -0.3 is 0 Å². The second kappa shape index (κ2) is 7.62. The Morgan fingerprint density at radius 3 is 2.44 bits per heavy atom. The molecule has 2 nitrogen and oxygen atoms in total. The summed E-state index contributed by atoms with van der Waals surface area (Å²) < 4.78 is 13.7. The molecule has 0 amide bonds. The molecule has 0 spiro atoms. The van der Waals surface area contributed by atoms with Gasteiger partial charge in [0.1, 0.15) is 5.01 Å². The van der Waals surface area contributed by atoms with Gasteiger partial charge in [0.15, 0.2) is 0 Å². The molecule has 4 aromatic rings. The SMILES string of the molecule is CSc1ccc(-c2nc(-c3cccc(C)c3)c(-c3ccnc(F)c3)s2)cc1. The Labute approximate surface area is 166 Å². The summed E-state index contributed by atoms with van der Waals surface area (Å²) in [5.74, 6) is -0.484. The highest BCUT2D eigenvalue weighted by Gasteiger charge is 2.17. The van der Waals surface area contributed by atoms with Gasteiger partial charge >= 0.3 is 0 Å². The minimum Gasteiger partial charge on any atom is -0.235 e. The zero-order chi connectivity index (χ0) is 18.8. The molecule has 2 heterocycles. The summed E-state index contributed by atoms with van der Waals surface area (Å²) in [7, 11) is 0. The maximum Gasteiger partial charge on any atom is 0.213 e. The molecule has 0 aliphatic heterocycles. The van der Waals surface area contributed by atoms with E-state index in [0.29, 0.717) is 0 Å². The zero-order valence-corrected chi connectivity index (χ0v) is 16.6. The third kappa shape index (κ3) is 3.80. The minimum atomic E-state index is -0.484. The predicted octanol–water partition coefficient (Wildman–Crippen LogP) is 6.71. The van der Waals surface area contributed by atoms with E-state index < -0.39 is 5.95 Å². The lowest BCUT2D eigenvalue weighted by molar-refractivity contribution is 0.584. The van der Waals surface area contributed by atoms with Crippen molar-refractivity contribution in [2.24, 2.45) is 0 Å². The maximum atomic E-state index is 13.7. The number of hydrogen-bond acceptors (Lipinski definition) is 4. The number of thioether (sulfide) groups is 1. The van der Waals surface area contributed by atoms with Crippen LogP contribution < -0.4 is 0 Å². The lowest BCUT2D eigenvalue weighted by atomic mass is 10.1. The Kier molecular flexibility index (Phi) is 5.05. The Morgan fingerprint density at radius 2 is 1.74 bits per heavy atom. The predicted molar refractivity (Wildman–Crippen MR) is 113 cm³/mol. The molecule has 0 bridgehead atoms. The monoisotopic (exact) mass is 392 g/mol. The summed E-state index contributed by atoms with van der Waals surface area (Å²) in [6.45, 7) is 2.06. The molecule has 0 aliphatic carbocycles. The van der Waals surface area contributed by atoms with Gasteiger partial charge in [-0.15, -0.1) is 23.1 Å². The second-order valence-corrected chi connectivity index (χ2v) is 8.04. The first-order valence-corrected chi connectivity index (χ1v) is 10.5. The molecule has 0 aliphatic rings. The Bertz CT molecular complexity index is 1020. The van der Waals surface area contributed by atoms with Crippen LogP contribution in [0.4, 0.5) is 4.39 Å². The minimum absolute atomic E-state index is 0.484. The van der Waals surface area contributed by atoms with Gasteiger partial charge in [-0.1, -0.05) is 35.9 Å². The molecule has 0 saturated carbocycles. The fourth-order valence-electron chi connectivity index (χ4n) is 2.90.